The molecule has 0 aliphatic carbocycles. The van der Waals surface area contributed by atoms with Gasteiger partial charge in [0.2, 0.25) is 0 Å². The number of fused-ring (bicyclic) bond motifs is 1. The van der Waals surface area contributed by atoms with E-state index in [1.807, 2.05) is 30.3 Å². The quantitative estimate of drug-likeness (QED) is 0.291. The van der Waals surface area contributed by atoms with Gasteiger partial charge in [0.1, 0.15) is 17.3 Å². The number of nitrogens with one attached hydrogen (secondary N) is 1. The van der Waals surface area contributed by atoms with Crippen molar-refractivity contribution in [3.8, 4) is 11.3 Å². The summed E-state index contributed by atoms with van der Waals surface area (Å²) in [6.07, 6.45) is 1.28. The summed E-state index contributed by atoms with van der Waals surface area (Å²) in [5.41, 5.74) is 2.60. The number of hydrogen-bond donors (Lipinski definition) is 1. The van der Waals surface area contributed by atoms with Gasteiger partial charge in [-0.15, -0.1) is 0 Å². The molecule has 7 nitrogen and oxygen atoms in total. The zero-order valence-corrected chi connectivity index (χ0v) is 15.4. The van der Waals surface area contributed by atoms with E-state index in [2.05, 4.69) is 10.5 Å². The van der Waals surface area contributed by atoms with E-state index in [9.17, 15) is 19.3 Å². The molecule has 30 heavy (non-hydrogen) atoms. The van der Waals surface area contributed by atoms with E-state index in [1.54, 1.807) is 12.1 Å². The minimum absolute atomic E-state index is 0.140. The largest absolute Gasteiger partial charge is 0.455 e. The number of halogens is 1. The Morgan fingerprint density at radius 1 is 1.03 bits per heavy atom. The third-order valence-corrected chi connectivity index (χ3v) is 4.42. The van der Waals surface area contributed by atoms with Gasteiger partial charge in [-0.05, 0) is 47.2 Å². The first-order valence-corrected chi connectivity index (χ1v) is 8.87. The maximum absolute atomic E-state index is 13.3. The van der Waals surface area contributed by atoms with Gasteiger partial charge in [-0.25, -0.2) is 9.82 Å². The number of rotatable bonds is 5. The number of nitrogens with zero attached hydrogens (tertiary/aromatic N) is 2. The first-order valence-electron chi connectivity index (χ1n) is 8.87. The molecule has 8 heteroatoms. The van der Waals surface area contributed by atoms with Gasteiger partial charge >= 0.3 is 0 Å². The second kappa shape index (κ2) is 7.96. The molecule has 0 bridgehead atoms. The van der Waals surface area contributed by atoms with Crippen LogP contribution in [-0.4, -0.2) is 17.0 Å². The first kappa shape index (κ1) is 19.0. The Balaban J connectivity index is 1.48. The Bertz CT molecular complexity index is 1300. The fourth-order valence-electron chi connectivity index (χ4n) is 2.98. The lowest BCUT2D eigenvalue weighted by molar-refractivity contribution is -0.384. The standard InChI is InChI=1S/C22H14FN3O4/c23-17-7-9-19(20(12-17)26(28)29)21-10-8-18(30-21)13-24-25-22(27)16-6-5-14-3-1-2-4-15(14)11-16/h1-13H,(H,25,27)/b24-13-. The highest BCUT2D eigenvalue weighted by Gasteiger charge is 2.19. The average molecular weight is 403 g/mol. The van der Waals surface area contributed by atoms with Crippen molar-refractivity contribution in [3.63, 3.8) is 0 Å². The van der Waals surface area contributed by atoms with Gasteiger partial charge in [-0.1, -0.05) is 30.3 Å². The normalized spacial score (nSPS) is 11.1. The second-order valence-electron chi connectivity index (χ2n) is 6.38. The topological polar surface area (TPSA) is 97.7 Å². The van der Waals surface area contributed by atoms with E-state index in [4.69, 9.17) is 4.42 Å². The number of carbonyl (C=O) groups excluding carboxylic acids is 1. The minimum atomic E-state index is -0.713. The molecule has 0 aliphatic rings. The van der Waals surface area contributed by atoms with Crippen LogP contribution in [0.3, 0.4) is 0 Å². The molecule has 1 heterocycles. The van der Waals surface area contributed by atoms with Gasteiger partial charge in [0.15, 0.2) is 0 Å². The Kier molecular flexibility index (Phi) is 5.04. The Labute approximate surface area is 169 Å². The van der Waals surface area contributed by atoms with Crippen LogP contribution >= 0.6 is 0 Å². The van der Waals surface area contributed by atoms with Crippen LogP contribution in [0.4, 0.5) is 10.1 Å². The summed E-state index contributed by atoms with van der Waals surface area (Å²) >= 11 is 0. The van der Waals surface area contributed by atoms with Crippen molar-refractivity contribution in [2.75, 3.05) is 0 Å². The number of carbonyl (C=O) groups is 1. The minimum Gasteiger partial charge on any atom is -0.455 e. The molecule has 0 unspecified atom stereocenters. The van der Waals surface area contributed by atoms with E-state index >= 15 is 0 Å². The van der Waals surface area contributed by atoms with Gasteiger partial charge in [0, 0.05) is 5.56 Å². The highest BCUT2D eigenvalue weighted by Crippen LogP contribution is 2.31. The van der Waals surface area contributed by atoms with Crippen LogP contribution in [0.25, 0.3) is 22.1 Å². The van der Waals surface area contributed by atoms with Crippen LogP contribution in [0.15, 0.2) is 82.3 Å². The Morgan fingerprint density at radius 3 is 2.63 bits per heavy atom. The fraction of sp³-hybridized carbons (Fsp3) is 0. The molecule has 4 aromatic rings. The van der Waals surface area contributed by atoms with Crippen LogP contribution in [0, 0.1) is 15.9 Å². The van der Waals surface area contributed by atoms with E-state index in [0.29, 0.717) is 5.56 Å². The molecule has 1 amide bonds. The molecule has 0 radical (unpaired) electrons. The number of nitro groups is 1. The van der Waals surface area contributed by atoms with E-state index in [-0.39, 0.29) is 17.1 Å². The summed E-state index contributed by atoms with van der Waals surface area (Å²) < 4.78 is 18.8. The number of hydrazone groups is 1. The highest BCUT2D eigenvalue weighted by atomic mass is 19.1. The van der Waals surface area contributed by atoms with Gasteiger partial charge in [0.05, 0.1) is 22.8 Å². The molecule has 4 rings (SSSR count). The number of amides is 1. The van der Waals surface area contributed by atoms with Crippen molar-refractivity contribution in [3.05, 3.63) is 100 Å². The van der Waals surface area contributed by atoms with Crippen molar-refractivity contribution in [2.24, 2.45) is 5.10 Å². The first-order chi connectivity index (χ1) is 14.5. The van der Waals surface area contributed by atoms with Crippen molar-refractivity contribution in [1.29, 1.82) is 0 Å². The van der Waals surface area contributed by atoms with Crippen LogP contribution in [0.5, 0.6) is 0 Å². The van der Waals surface area contributed by atoms with Crippen molar-refractivity contribution < 1.29 is 18.5 Å². The predicted molar refractivity (Wildman–Crippen MR) is 110 cm³/mol. The van der Waals surface area contributed by atoms with E-state index in [0.717, 1.165) is 22.9 Å². The zero-order valence-electron chi connectivity index (χ0n) is 15.4. The molecular weight excluding hydrogens is 389 g/mol. The molecule has 0 atom stereocenters. The SMILES string of the molecule is O=C(N/N=C\c1ccc(-c2ccc(F)cc2[N+](=O)[O-])o1)c1ccc2ccccc2c1. The number of furan rings is 1. The molecule has 0 fully saturated rings. The summed E-state index contributed by atoms with van der Waals surface area (Å²) in [6.45, 7) is 0. The van der Waals surface area contributed by atoms with Crippen molar-refractivity contribution in [1.82, 2.24) is 5.43 Å². The molecule has 0 spiro atoms. The third-order valence-electron chi connectivity index (χ3n) is 4.42. The zero-order chi connectivity index (χ0) is 21.1. The van der Waals surface area contributed by atoms with Crippen LogP contribution in [-0.2, 0) is 0 Å². The molecule has 3 aromatic carbocycles. The predicted octanol–water partition coefficient (Wildman–Crippen LogP) is 4.91. The summed E-state index contributed by atoms with van der Waals surface area (Å²) in [7, 11) is 0. The molecule has 1 aromatic heterocycles. The Morgan fingerprint density at radius 2 is 1.83 bits per heavy atom. The van der Waals surface area contributed by atoms with Gasteiger partial charge in [-0.2, -0.15) is 5.10 Å². The molecule has 148 valence electrons. The molecule has 0 saturated heterocycles. The summed E-state index contributed by atoms with van der Waals surface area (Å²) in [6, 6.07) is 19.2. The Hall–Kier alpha value is -4.33. The van der Waals surface area contributed by atoms with Crippen LogP contribution in [0.1, 0.15) is 16.1 Å². The van der Waals surface area contributed by atoms with Gasteiger partial charge < -0.3 is 4.42 Å². The lowest BCUT2D eigenvalue weighted by Gasteiger charge is -2.02. The third kappa shape index (κ3) is 3.93. The second-order valence-corrected chi connectivity index (χ2v) is 6.38. The summed E-state index contributed by atoms with van der Waals surface area (Å²) in [5.74, 6) is -0.653. The maximum Gasteiger partial charge on any atom is 0.283 e. The smallest absolute Gasteiger partial charge is 0.283 e. The van der Waals surface area contributed by atoms with Gasteiger partial charge in [0.25, 0.3) is 11.6 Å². The monoisotopic (exact) mass is 403 g/mol. The van der Waals surface area contributed by atoms with Crippen molar-refractivity contribution in [2.45, 2.75) is 0 Å². The lowest BCUT2D eigenvalue weighted by Crippen LogP contribution is -2.17. The highest BCUT2D eigenvalue weighted by molar-refractivity contribution is 5.98. The van der Waals surface area contributed by atoms with E-state index < -0.39 is 22.3 Å². The van der Waals surface area contributed by atoms with Crippen LogP contribution in [0.2, 0.25) is 0 Å². The molecular formula is C22H14FN3O4. The van der Waals surface area contributed by atoms with E-state index in [1.165, 1.54) is 24.4 Å². The maximum atomic E-state index is 13.3. The number of benzene rings is 3. The van der Waals surface area contributed by atoms with Gasteiger partial charge in [-0.3, -0.25) is 14.9 Å². The summed E-state index contributed by atoms with van der Waals surface area (Å²) in [5, 5.41) is 17.0. The number of hydrogen-bond acceptors (Lipinski definition) is 5. The summed E-state index contributed by atoms with van der Waals surface area (Å²) in [4.78, 5) is 22.7. The van der Waals surface area contributed by atoms with Crippen molar-refractivity contribution >= 4 is 28.6 Å². The molecule has 0 aliphatic heterocycles. The fourth-order valence-corrected chi connectivity index (χ4v) is 2.98. The molecule has 1 N–H and O–H groups in total. The lowest BCUT2D eigenvalue weighted by atomic mass is 10.1. The number of nitro benzene ring substituents is 1. The average Bonchev–Trinajstić information content (AvgIpc) is 3.22. The van der Waals surface area contributed by atoms with Crippen LogP contribution < -0.4 is 5.43 Å². The molecule has 0 saturated carbocycles.